The van der Waals surface area contributed by atoms with Gasteiger partial charge in [0.1, 0.15) is 5.65 Å². The van der Waals surface area contributed by atoms with E-state index in [0.29, 0.717) is 49.4 Å². The summed E-state index contributed by atoms with van der Waals surface area (Å²) in [4.78, 5) is 17.3. The van der Waals surface area contributed by atoms with Crippen LogP contribution in [0.3, 0.4) is 0 Å². The fraction of sp³-hybridized carbons (Fsp3) is 0.636. The van der Waals surface area contributed by atoms with Gasteiger partial charge in [0.05, 0.1) is 12.3 Å². The average Bonchev–Trinajstić information content (AvgIpc) is 3.08. The van der Waals surface area contributed by atoms with Crippen LogP contribution in [0.5, 0.6) is 0 Å². The lowest BCUT2D eigenvalue weighted by atomic mass is 9.84. The molecule has 0 radical (unpaired) electrons. The van der Waals surface area contributed by atoms with E-state index in [9.17, 15) is 18.7 Å². The van der Waals surface area contributed by atoms with Crippen LogP contribution in [0, 0.1) is 12.8 Å². The molecule has 1 saturated heterocycles. The van der Waals surface area contributed by atoms with Crippen LogP contribution in [0.4, 0.5) is 8.78 Å². The predicted molar refractivity (Wildman–Crippen MR) is 108 cm³/mol. The molecule has 0 unspecified atom stereocenters. The molecule has 164 valence electrons. The van der Waals surface area contributed by atoms with E-state index in [-0.39, 0.29) is 37.3 Å². The first-order chi connectivity index (χ1) is 14.4. The molecule has 1 saturated carbocycles. The number of aryl methyl sites for hydroxylation is 1. The van der Waals surface area contributed by atoms with Gasteiger partial charge in [0.15, 0.2) is 0 Å². The summed E-state index contributed by atoms with van der Waals surface area (Å²) in [5, 5.41) is 12.9. The highest BCUT2D eigenvalue weighted by atomic mass is 19.3. The third-order valence-corrected chi connectivity index (χ3v) is 6.37. The molecule has 30 heavy (non-hydrogen) atoms. The second-order valence-electron chi connectivity index (χ2n) is 8.61. The molecule has 2 aromatic rings. The van der Waals surface area contributed by atoms with E-state index in [1.165, 1.54) is 0 Å². The predicted octanol–water partition coefficient (Wildman–Crippen LogP) is 3.41. The Kier molecular flexibility index (Phi) is 6.06. The van der Waals surface area contributed by atoms with Crippen molar-refractivity contribution in [3.8, 4) is 0 Å². The van der Waals surface area contributed by atoms with Crippen molar-refractivity contribution < 1.29 is 23.4 Å². The fourth-order valence-corrected chi connectivity index (χ4v) is 4.64. The number of halogens is 2. The molecule has 8 heteroatoms. The molecule has 1 aliphatic carbocycles. The molecule has 1 aliphatic heterocycles. The number of hydrogen-bond donors (Lipinski definition) is 2. The Hall–Kier alpha value is -2.06. The first-order valence-electron chi connectivity index (χ1n) is 10.7. The highest BCUT2D eigenvalue weighted by Gasteiger charge is 2.35. The number of imidazole rings is 1. The lowest BCUT2D eigenvalue weighted by Crippen LogP contribution is -2.38. The van der Waals surface area contributed by atoms with E-state index >= 15 is 0 Å². The second kappa shape index (κ2) is 8.59. The maximum Gasteiger partial charge on any atom is 0.251 e. The summed E-state index contributed by atoms with van der Waals surface area (Å²) in [6, 6.07) is 3.66. The van der Waals surface area contributed by atoms with Crippen LogP contribution in [-0.4, -0.2) is 45.6 Å². The molecular formula is C22H29F2N3O3. The SMILES string of the molecule is Cc1cc(C(=O)NC2CCOCC2)cc2nc(CO)c(CC3CCC(F)(F)CC3)n12. The van der Waals surface area contributed by atoms with E-state index in [1.807, 2.05) is 17.4 Å². The number of carbonyl (C=O) groups excluding carboxylic acids is 1. The highest BCUT2D eigenvalue weighted by molar-refractivity contribution is 5.95. The maximum absolute atomic E-state index is 13.5. The van der Waals surface area contributed by atoms with Crippen LogP contribution < -0.4 is 5.32 Å². The van der Waals surface area contributed by atoms with Gasteiger partial charge in [-0.15, -0.1) is 0 Å². The van der Waals surface area contributed by atoms with Crippen LogP contribution in [0.25, 0.3) is 5.65 Å². The zero-order valence-corrected chi connectivity index (χ0v) is 17.3. The molecule has 2 N–H and O–H groups in total. The van der Waals surface area contributed by atoms with Gasteiger partial charge in [-0.05, 0) is 57.1 Å². The minimum absolute atomic E-state index is 0.0850. The number of pyridine rings is 1. The van der Waals surface area contributed by atoms with Crippen LogP contribution >= 0.6 is 0 Å². The Morgan fingerprint density at radius 2 is 1.97 bits per heavy atom. The van der Waals surface area contributed by atoms with Gasteiger partial charge in [-0.25, -0.2) is 13.8 Å². The van der Waals surface area contributed by atoms with E-state index in [2.05, 4.69) is 10.3 Å². The minimum Gasteiger partial charge on any atom is -0.390 e. The van der Waals surface area contributed by atoms with Crippen molar-refractivity contribution in [2.45, 2.75) is 70.4 Å². The van der Waals surface area contributed by atoms with Crippen LogP contribution in [0.15, 0.2) is 12.1 Å². The summed E-state index contributed by atoms with van der Waals surface area (Å²) in [5.41, 5.74) is 3.39. The fourth-order valence-electron chi connectivity index (χ4n) is 4.64. The van der Waals surface area contributed by atoms with Gasteiger partial charge in [-0.1, -0.05) is 0 Å². The molecule has 0 aromatic carbocycles. The van der Waals surface area contributed by atoms with Gasteiger partial charge >= 0.3 is 0 Å². The zero-order valence-electron chi connectivity index (χ0n) is 17.3. The molecule has 3 heterocycles. The molecule has 0 atom stereocenters. The summed E-state index contributed by atoms with van der Waals surface area (Å²) in [6.45, 7) is 2.99. The van der Waals surface area contributed by atoms with Crippen molar-refractivity contribution in [3.63, 3.8) is 0 Å². The number of fused-ring (bicyclic) bond motifs is 1. The molecule has 2 aromatic heterocycles. The number of hydrogen-bond acceptors (Lipinski definition) is 4. The molecule has 0 bridgehead atoms. The van der Waals surface area contributed by atoms with Gasteiger partial charge in [-0.3, -0.25) is 4.79 Å². The smallest absolute Gasteiger partial charge is 0.251 e. The number of aliphatic hydroxyl groups excluding tert-OH is 1. The van der Waals surface area contributed by atoms with Crippen LogP contribution in [0.2, 0.25) is 0 Å². The molecule has 4 rings (SSSR count). The van der Waals surface area contributed by atoms with Gasteiger partial charge < -0.3 is 19.6 Å². The molecule has 6 nitrogen and oxygen atoms in total. The minimum atomic E-state index is -2.56. The van der Waals surface area contributed by atoms with Crippen LogP contribution in [0.1, 0.15) is 66.0 Å². The number of aromatic nitrogens is 2. The zero-order chi connectivity index (χ0) is 21.3. The van der Waals surface area contributed by atoms with E-state index in [0.717, 1.165) is 24.2 Å². The van der Waals surface area contributed by atoms with E-state index < -0.39 is 5.92 Å². The lowest BCUT2D eigenvalue weighted by molar-refractivity contribution is -0.0457. The summed E-state index contributed by atoms with van der Waals surface area (Å²) >= 11 is 0. The number of nitrogens with zero attached hydrogens (tertiary/aromatic N) is 2. The lowest BCUT2D eigenvalue weighted by Gasteiger charge is -2.28. The van der Waals surface area contributed by atoms with Gasteiger partial charge in [-0.2, -0.15) is 0 Å². The largest absolute Gasteiger partial charge is 0.390 e. The number of nitrogens with one attached hydrogen (secondary N) is 1. The van der Waals surface area contributed by atoms with Crippen molar-refractivity contribution in [1.29, 1.82) is 0 Å². The monoisotopic (exact) mass is 421 g/mol. The number of ether oxygens (including phenoxy) is 1. The molecule has 0 spiro atoms. The van der Waals surface area contributed by atoms with Crippen molar-refractivity contribution in [1.82, 2.24) is 14.7 Å². The quantitative estimate of drug-likeness (QED) is 0.776. The van der Waals surface area contributed by atoms with Gasteiger partial charge in [0, 0.05) is 49.0 Å². The van der Waals surface area contributed by atoms with Crippen molar-refractivity contribution in [2.75, 3.05) is 13.2 Å². The Morgan fingerprint density at radius 3 is 2.63 bits per heavy atom. The van der Waals surface area contributed by atoms with Crippen molar-refractivity contribution in [3.05, 3.63) is 34.8 Å². The number of rotatable bonds is 5. The number of amides is 1. The Bertz CT molecular complexity index is 912. The number of alkyl halides is 2. The Labute approximate surface area is 174 Å². The summed E-state index contributed by atoms with van der Waals surface area (Å²) in [5.74, 6) is -2.55. The molecule has 2 fully saturated rings. The first kappa shape index (κ1) is 21.2. The average molecular weight is 421 g/mol. The number of aliphatic hydroxyl groups is 1. The van der Waals surface area contributed by atoms with E-state index in [4.69, 9.17) is 4.74 Å². The number of carbonyl (C=O) groups is 1. The summed E-state index contributed by atoms with van der Waals surface area (Å²) in [6.07, 6.45) is 2.97. The summed E-state index contributed by atoms with van der Waals surface area (Å²) < 4.78 is 34.3. The second-order valence-corrected chi connectivity index (χ2v) is 8.61. The van der Waals surface area contributed by atoms with Crippen LogP contribution in [-0.2, 0) is 17.8 Å². The van der Waals surface area contributed by atoms with Crippen molar-refractivity contribution in [2.24, 2.45) is 5.92 Å². The van der Waals surface area contributed by atoms with Crippen molar-refractivity contribution >= 4 is 11.6 Å². The van der Waals surface area contributed by atoms with Gasteiger partial charge in [0.2, 0.25) is 5.92 Å². The molecular weight excluding hydrogens is 392 g/mol. The third kappa shape index (κ3) is 4.49. The Morgan fingerprint density at radius 1 is 1.27 bits per heavy atom. The molecule has 2 aliphatic rings. The Balaban J connectivity index is 1.57. The van der Waals surface area contributed by atoms with E-state index in [1.54, 1.807) is 6.07 Å². The maximum atomic E-state index is 13.5. The first-order valence-corrected chi connectivity index (χ1v) is 10.7. The normalized spacial score (nSPS) is 20.5. The topological polar surface area (TPSA) is 75.9 Å². The van der Waals surface area contributed by atoms with Gasteiger partial charge in [0.25, 0.3) is 5.91 Å². The summed E-state index contributed by atoms with van der Waals surface area (Å²) in [7, 11) is 0. The standard InChI is InChI=1S/C22H29F2N3O3/c1-14-10-16(21(29)25-17-4-8-30-9-5-17)12-20-26-18(13-28)19(27(14)20)11-15-2-6-22(23,24)7-3-15/h10,12,15,17,28H,2-9,11,13H2,1H3,(H,25,29). The highest BCUT2D eigenvalue weighted by Crippen LogP contribution is 2.38. The molecule has 1 amide bonds. The third-order valence-electron chi connectivity index (χ3n) is 6.37.